The van der Waals surface area contributed by atoms with Crippen LogP contribution in [-0.4, -0.2) is 12.5 Å². The van der Waals surface area contributed by atoms with Crippen molar-refractivity contribution in [2.45, 2.75) is 6.92 Å². The number of nitrogens with zero attached hydrogens (tertiary/aromatic N) is 1. The van der Waals surface area contributed by atoms with Crippen LogP contribution in [0, 0.1) is 0 Å². The van der Waals surface area contributed by atoms with E-state index in [2.05, 4.69) is 17.1 Å². The van der Waals surface area contributed by atoms with Gasteiger partial charge >= 0.3 is 0 Å². The number of carbonyl (C=O) groups is 1. The number of hydrogen-bond donors (Lipinski definition) is 1. The summed E-state index contributed by atoms with van der Waals surface area (Å²) < 4.78 is 0. The van der Waals surface area contributed by atoms with Crippen molar-refractivity contribution >= 4 is 34.3 Å². The van der Waals surface area contributed by atoms with Crippen LogP contribution in [0.5, 0.6) is 0 Å². The molecule has 1 aliphatic rings. The molecule has 86 valence electrons. The second kappa shape index (κ2) is 3.89. The summed E-state index contributed by atoms with van der Waals surface area (Å²) in [4.78, 5) is 14.2. The average molecular weight is 244 g/mol. The fourth-order valence-electron chi connectivity index (χ4n) is 2.14. The second-order valence-corrected chi connectivity index (χ2v) is 4.63. The van der Waals surface area contributed by atoms with Gasteiger partial charge in [-0.2, -0.15) is 0 Å². The van der Waals surface area contributed by atoms with Gasteiger partial charge in [0.25, 0.3) is 5.91 Å². The summed E-state index contributed by atoms with van der Waals surface area (Å²) in [7, 11) is 0. The van der Waals surface area contributed by atoms with E-state index in [0.29, 0.717) is 0 Å². The predicted octanol–water partition coefficient (Wildman–Crippen LogP) is 3.47. The smallest absolute Gasteiger partial charge is 0.258 e. The molecule has 1 aromatic heterocycles. The number of carbonyl (C=O) groups excluding carboxylic acids is 1. The van der Waals surface area contributed by atoms with Crippen LogP contribution in [0.3, 0.4) is 0 Å². The van der Waals surface area contributed by atoms with Crippen molar-refractivity contribution in [3.63, 3.8) is 0 Å². The molecule has 2 heterocycles. The van der Waals surface area contributed by atoms with Gasteiger partial charge in [0.05, 0.1) is 22.6 Å². The van der Waals surface area contributed by atoms with Crippen molar-refractivity contribution in [3.8, 4) is 0 Å². The van der Waals surface area contributed by atoms with Gasteiger partial charge in [-0.1, -0.05) is 12.1 Å². The molecule has 0 radical (unpaired) electrons. The van der Waals surface area contributed by atoms with Gasteiger partial charge in [-0.15, -0.1) is 11.3 Å². The molecule has 0 saturated heterocycles. The van der Waals surface area contributed by atoms with Gasteiger partial charge in [0, 0.05) is 17.3 Å². The highest BCUT2D eigenvalue weighted by Crippen LogP contribution is 2.38. The molecule has 0 aliphatic carbocycles. The minimum atomic E-state index is -0.0235. The lowest BCUT2D eigenvalue weighted by Crippen LogP contribution is -2.15. The van der Waals surface area contributed by atoms with Gasteiger partial charge in [0.15, 0.2) is 0 Å². The van der Waals surface area contributed by atoms with Crippen LogP contribution in [0.25, 0.3) is 0 Å². The fraction of sp³-hybridized carbons (Fsp3) is 0.154. The van der Waals surface area contributed by atoms with Gasteiger partial charge in [0.2, 0.25) is 0 Å². The average Bonchev–Trinajstić information content (AvgIpc) is 2.77. The Morgan fingerprint density at radius 3 is 2.88 bits per heavy atom. The molecule has 3 nitrogen and oxygen atoms in total. The van der Waals surface area contributed by atoms with Gasteiger partial charge < -0.3 is 10.2 Å². The number of hydrogen-bond acceptors (Lipinski definition) is 3. The second-order valence-electron chi connectivity index (χ2n) is 3.89. The maximum Gasteiger partial charge on any atom is 0.258 e. The Hall–Kier alpha value is -1.81. The normalized spacial score (nSPS) is 13.7. The Kier molecular flexibility index (Phi) is 2.37. The van der Waals surface area contributed by atoms with Crippen molar-refractivity contribution < 1.29 is 4.79 Å². The molecule has 17 heavy (non-hydrogen) atoms. The minimum Gasteiger partial charge on any atom is -0.339 e. The molecular formula is C13H12N2OS. The third kappa shape index (κ3) is 1.52. The maximum absolute atomic E-state index is 12.1. The highest BCUT2D eigenvalue weighted by Gasteiger charge is 2.24. The fourth-order valence-corrected chi connectivity index (χ4v) is 2.96. The first kappa shape index (κ1) is 10.4. The molecule has 4 heteroatoms. The van der Waals surface area contributed by atoms with Crippen molar-refractivity contribution in [3.05, 3.63) is 40.6 Å². The van der Waals surface area contributed by atoms with Crippen molar-refractivity contribution in [1.82, 2.24) is 0 Å². The third-order valence-corrected chi connectivity index (χ3v) is 3.67. The minimum absolute atomic E-state index is 0.0235. The Labute approximate surface area is 104 Å². The zero-order chi connectivity index (χ0) is 11.8. The lowest BCUT2D eigenvalue weighted by molar-refractivity contribution is 0.102. The lowest BCUT2D eigenvalue weighted by Gasteiger charge is -2.22. The number of benzene rings is 1. The van der Waals surface area contributed by atoms with Gasteiger partial charge in [-0.25, -0.2) is 0 Å². The number of thiophene rings is 1. The van der Waals surface area contributed by atoms with Crippen molar-refractivity contribution in [1.29, 1.82) is 0 Å². The molecule has 2 aromatic rings. The Morgan fingerprint density at radius 2 is 2.06 bits per heavy atom. The molecule has 0 spiro atoms. The predicted molar refractivity (Wildman–Crippen MR) is 71.4 cm³/mol. The zero-order valence-corrected chi connectivity index (χ0v) is 10.3. The van der Waals surface area contributed by atoms with E-state index in [4.69, 9.17) is 0 Å². The van der Waals surface area contributed by atoms with E-state index in [1.807, 2.05) is 35.0 Å². The maximum atomic E-state index is 12.1. The highest BCUT2D eigenvalue weighted by molar-refractivity contribution is 7.08. The molecule has 1 N–H and O–H groups in total. The molecule has 1 aliphatic heterocycles. The highest BCUT2D eigenvalue weighted by atomic mass is 32.1. The SMILES string of the molecule is CCN1c2ccccc2NC(=O)c2cscc21. The monoisotopic (exact) mass is 244 g/mol. The van der Waals surface area contributed by atoms with Crippen LogP contribution >= 0.6 is 11.3 Å². The Balaban J connectivity index is 2.25. The largest absolute Gasteiger partial charge is 0.339 e. The molecule has 0 unspecified atom stereocenters. The summed E-state index contributed by atoms with van der Waals surface area (Å²) in [6, 6.07) is 7.90. The van der Waals surface area contributed by atoms with Crippen LogP contribution in [0.4, 0.5) is 17.1 Å². The molecule has 0 bridgehead atoms. The number of anilines is 3. The molecule has 3 rings (SSSR count). The number of nitrogens with one attached hydrogen (secondary N) is 1. The standard InChI is InChI=1S/C13H12N2OS/c1-2-15-11-6-4-3-5-10(11)14-13(16)9-7-17-8-12(9)15/h3-8H,2H2,1H3,(H,14,16). The summed E-state index contributed by atoms with van der Waals surface area (Å²) in [5.74, 6) is -0.0235. The molecule has 1 aromatic carbocycles. The first-order chi connectivity index (χ1) is 8.31. The summed E-state index contributed by atoms with van der Waals surface area (Å²) in [5.41, 5.74) is 3.69. The summed E-state index contributed by atoms with van der Waals surface area (Å²) in [5, 5.41) is 6.89. The summed E-state index contributed by atoms with van der Waals surface area (Å²) >= 11 is 1.56. The van der Waals surface area contributed by atoms with Crippen LogP contribution in [0.15, 0.2) is 35.0 Å². The van der Waals surface area contributed by atoms with Gasteiger partial charge in [0.1, 0.15) is 0 Å². The van der Waals surface area contributed by atoms with Gasteiger partial charge in [-0.3, -0.25) is 4.79 Å². The number of rotatable bonds is 1. The number of fused-ring (bicyclic) bond motifs is 2. The third-order valence-electron chi connectivity index (χ3n) is 2.94. The Bertz CT molecular complexity index is 576. The van der Waals surface area contributed by atoms with Gasteiger partial charge in [-0.05, 0) is 19.1 Å². The van der Waals surface area contributed by atoms with Crippen LogP contribution in [0.2, 0.25) is 0 Å². The molecule has 0 saturated carbocycles. The summed E-state index contributed by atoms with van der Waals surface area (Å²) in [6.45, 7) is 2.93. The lowest BCUT2D eigenvalue weighted by atomic mass is 10.2. The molecular weight excluding hydrogens is 232 g/mol. The topological polar surface area (TPSA) is 32.3 Å². The first-order valence-corrected chi connectivity index (χ1v) is 6.49. The quantitative estimate of drug-likeness (QED) is 0.833. The van der Waals surface area contributed by atoms with E-state index in [-0.39, 0.29) is 5.91 Å². The van der Waals surface area contributed by atoms with Crippen LogP contribution < -0.4 is 10.2 Å². The van der Waals surface area contributed by atoms with E-state index in [1.54, 1.807) is 11.3 Å². The first-order valence-electron chi connectivity index (χ1n) is 5.55. The Morgan fingerprint density at radius 1 is 1.24 bits per heavy atom. The van der Waals surface area contributed by atoms with E-state index in [1.165, 1.54) is 0 Å². The zero-order valence-electron chi connectivity index (χ0n) is 9.43. The summed E-state index contributed by atoms with van der Waals surface area (Å²) in [6.07, 6.45) is 0. The van der Waals surface area contributed by atoms with E-state index in [0.717, 1.165) is 29.2 Å². The van der Waals surface area contributed by atoms with E-state index >= 15 is 0 Å². The van der Waals surface area contributed by atoms with Crippen LogP contribution in [-0.2, 0) is 0 Å². The van der Waals surface area contributed by atoms with Crippen LogP contribution in [0.1, 0.15) is 17.3 Å². The van der Waals surface area contributed by atoms with E-state index < -0.39 is 0 Å². The van der Waals surface area contributed by atoms with Crippen molar-refractivity contribution in [2.24, 2.45) is 0 Å². The molecule has 0 fully saturated rings. The van der Waals surface area contributed by atoms with E-state index in [9.17, 15) is 4.79 Å². The number of amides is 1. The molecule has 0 atom stereocenters. The molecule has 1 amide bonds. The number of para-hydroxylation sites is 2. The van der Waals surface area contributed by atoms with Crippen molar-refractivity contribution in [2.75, 3.05) is 16.8 Å².